The second kappa shape index (κ2) is 6.57. The largest absolute Gasteiger partial charge is 0.474 e. The van der Waals surface area contributed by atoms with Gasteiger partial charge < -0.3 is 9.64 Å². The number of hydrogen-bond acceptors (Lipinski definition) is 5. The average Bonchev–Trinajstić information content (AvgIpc) is 3.20. The summed E-state index contributed by atoms with van der Waals surface area (Å²) < 4.78 is 7.70. The number of rotatable bonds is 3. The molecule has 0 aliphatic carbocycles. The zero-order valence-corrected chi connectivity index (χ0v) is 15.8. The number of nitrogens with zero attached hydrogens (tertiary/aromatic N) is 4. The van der Waals surface area contributed by atoms with Gasteiger partial charge in [-0.2, -0.15) is 0 Å². The monoisotopic (exact) mass is 368 g/mol. The van der Waals surface area contributed by atoms with Crippen LogP contribution in [0.3, 0.4) is 0 Å². The van der Waals surface area contributed by atoms with Gasteiger partial charge in [0.15, 0.2) is 5.13 Å². The zero-order chi connectivity index (χ0) is 18.3. The maximum atomic E-state index is 12.8. The van der Waals surface area contributed by atoms with Crippen molar-refractivity contribution in [3.05, 3.63) is 52.4 Å². The van der Waals surface area contributed by atoms with Crippen molar-refractivity contribution >= 4 is 22.9 Å². The van der Waals surface area contributed by atoms with Crippen molar-refractivity contribution in [3.8, 4) is 11.0 Å². The highest BCUT2D eigenvalue weighted by Crippen LogP contribution is 2.30. The summed E-state index contributed by atoms with van der Waals surface area (Å²) in [6.45, 7) is 7.01. The van der Waals surface area contributed by atoms with Gasteiger partial charge in [-0.05, 0) is 45.0 Å². The summed E-state index contributed by atoms with van der Waals surface area (Å²) in [5.74, 6) is 0.542. The van der Waals surface area contributed by atoms with Crippen LogP contribution in [0.4, 0.5) is 5.69 Å². The molecule has 3 aromatic rings. The minimum Gasteiger partial charge on any atom is -0.474 e. The van der Waals surface area contributed by atoms with E-state index in [2.05, 4.69) is 40.5 Å². The fraction of sp³-hybridized carbons (Fsp3) is 0.316. The lowest BCUT2D eigenvalue weighted by Gasteiger charge is -2.28. The summed E-state index contributed by atoms with van der Waals surface area (Å²) >= 11 is 1.56. The fourth-order valence-corrected chi connectivity index (χ4v) is 4.09. The van der Waals surface area contributed by atoms with Crippen LogP contribution in [0.5, 0.6) is 5.88 Å². The van der Waals surface area contributed by atoms with E-state index in [1.54, 1.807) is 16.2 Å². The first-order valence-corrected chi connectivity index (χ1v) is 9.41. The molecule has 0 N–H and O–H groups in total. The molecule has 0 unspecified atom stereocenters. The fourth-order valence-electron chi connectivity index (χ4n) is 3.15. The predicted octanol–water partition coefficient (Wildman–Crippen LogP) is 3.22. The van der Waals surface area contributed by atoms with E-state index in [0.29, 0.717) is 19.0 Å². The van der Waals surface area contributed by atoms with Crippen molar-refractivity contribution in [2.24, 2.45) is 0 Å². The third-order valence-electron chi connectivity index (χ3n) is 4.46. The summed E-state index contributed by atoms with van der Waals surface area (Å²) in [5.41, 5.74) is 4.67. The van der Waals surface area contributed by atoms with Crippen LogP contribution in [0.1, 0.15) is 22.8 Å². The topological polar surface area (TPSA) is 60.2 Å². The molecule has 134 valence electrons. The molecule has 26 heavy (non-hydrogen) atoms. The molecule has 1 amide bonds. The number of aryl methyl sites for hydroxylation is 3. The molecule has 0 bridgehead atoms. The highest BCUT2D eigenvalue weighted by Gasteiger charge is 2.25. The van der Waals surface area contributed by atoms with Gasteiger partial charge in [0.2, 0.25) is 11.8 Å². The molecule has 7 heteroatoms. The van der Waals surface area contributed by atoms with Crippen molar-refractivity contribution in [2.45, 2.75) is 27.2 Å². The lowest BCUT2D eigenvalue weighted by molar-refractivity contribution is -0.118. The molecule has 3 aromatic heterocycles. The summed E-state index contributed by atoms with van der Waals surface area (Å²) in [6, 6.07) is 7.93. The van der Waals surface area contributed by atoms with Crippen LogP contribution in [-0.4, -0.2) is 33.6 Å². The van der Waals surface area contributed by atoms with Gasteiger partial charge in [-0.1, -0.05) is 0 Å². The van der Waals surface area contributed by atoms with Gasteiger partial charge in [0, 0.05) is 22.5 Å². The number of anilines is 1. The first-order chi connectivity index (χ1) is 12.5. The predicted molar refractivity (Wildman–Crippen MR) is 101 cm³/mol. The maximum Gasteiger partial charge on any atom is 0.238 e. The summed E-state index contributed by atoms with van der Waals surface area (Å²) in [7, 11) is 0. The number of aromatic nitrogens is 3. The van der Waals surface area contributed by atoms with Crippen LogP contribution in [0.2, 0.25) is 0 Å². The summed E-state index contributed by atoms with van der Waals surface area (Å²) in [5, 5.41) is 2.85. The minimum absolute atomic E-state index is 0.0120. The zero-order valence-electron chi connectivity index (χ0n) is 15.0. The highest BCUT2D eigenvalue weighted by molar-refractivity contribution is 7.12. The van der Waals surface area contributed by atoms with Gasteiger partial charge >= 0.3 is 0 Å². The van der Waals surface area contributed by atoms with E-state index >= 15 is 0 Å². The standard InChI is InChI=1S/C19H20N4O2S/c1-12-4-7-16-18(20-12)25-9-8-22(16)17(24)10-15-11-26-19(21-15)23-13(2)5-6-14(23)3/h4-7,11H,8-10H2,1-3H3. The third kappa shape index (κ3) is 2.99. The van der Waals surface area contributed by atoms with Gasteiger partial charge in [-0.25, -0.2) is 9.97 Å². The number of hydrogen-bond donors (Lipinski definition) is 0. The number of fused-ring (bicyclic) bond motifs is 1. The van der Waals surface area contributed by atoms with Crippen molar-refractivity contribution < 1.29 is 9.53 Å². The molecule has 6 nitrogen and oxygen atoms in total. The van der Waals surface area contributed by atoms with E-state index in [0.717, 1.165) is 33.6 Å². The second-order valence-corrected chi connectivity index (χ2v) is 7.26. The van der Waals surface area contributed by atoms with Gasteiger partial charge in [0.05, 0.1) is 18.7 Å². The van der Waals surface area contributed by atoms with Crippen LogP contribution >= 0.6 is 11.3 Å². The Morgan fingerprint density at radius 2 is 1.92 bits per heavy atom. The minimum atomic E-state index is 0.0120. The Morgan fingerprint density at radius 1 is 1.15 bits per heavy atom. The summed E-state index contributed by atoms with van der Waals surface area (Å²) in [6.07, 6.45) is 0.267. The molecule has 1 aliphatic heterocycles. The quantitative estimate of drug-likeness (QED) is 0.712. The third-order valence-corrected chi connectivity index (χ3v) is 5.33. The molecule has 4 heterocycles. The first kappa shape index (κ1) is 16.8. The van der Waals surface area contributed by atoms with Crippen molar-refractivity contribution in [1.82, 2.24) is 14.5 Å². The van der Waals surface area contributed by atoms with Crippen LogP contribution in [0.25, 0.3) is 5.13 Å². The Kier molecular flexibility index (Phi) is 4.24. The molecule has 0 aromatic carbocycles. The van der Waals surface area contributed by atoms with Crippen LogP contribution in [0, 0.1) is 20.8 Å². The van der Waals surface area contributed by atoms with Gasteiger partial charge in [-0.3, -0.25) is 9.36 Å². The lowest BCUT2D eigenvalue weighted by atomic mass is 10.2. The Hall–Kier alpha value is -2.67. The SMILES string of the molecule is Cc1ccc2c(n1)OCCN2C(=O)Cc1csc(-n2c(C)ccc2C)n1. The molecule has 0 saturated carbocycles. The number of amides is 1. The van der Waals surface area contributed by atoms with E-state index in [4.69, 9.17) is 4.74 Å². The Balaban J connectivity index is 1.55. The highest BCUT2D eigenvalue weighted by atomic mass is 32.1. The molecule has 4 rings (SSSR count). The van der Waals surface area contributed by atoms with Gasteiger partial charge in [-0.15, -0.1) is 11.3 Å². The van der Waals surface area contributed by atoms with Gasteiger partial charge in [0.25, 0.3) is 0 Å². The number of carbonyl (C=O) groups is 1. The van der Waals surface area contributed by atoms with Crippen LogP contribution in [0.15, 0.2) is 29.6 Å². The van der Waals surface area contributed by atoms with Crippen molar-refractivity contribution in [1.29, 1.82) is 0 Å². The Bertz CT molecular complexity index is 956. The number of thiazole rings is 1. The van der Waals surface area contributed by atoms with Gasteiger partial charge in [0.1, 0.15) is 12.3 Å². The van der Waals surface area contributed by atoms with E-state index < -0.39 is 0 Å². The lowest BCUT2D eigenvalue weighted by Crippen LogP contribution is -2.39. The molecular formula is C19H20N4O2S. The molecule has 1 aliphatic rings. The molecule has 0 spiro atoms. The van der Waals surface area contributed by atoms with E-state index in [-0.39, 0.29) is 12.3 Å². The van der Waals surface area contributed by atoms with Crippen molar-refractivity contribution in [3.63, 3.8) is 0 Å². The molecular weight excluding hydrogens is 348 g/mol. The molecule has 0 atom stereocenters. The number of pyridine rings is 1. The van der Waals surface area contributed by atoms with Crippen molar-refractivity contribution in [2.75, 3.05) is 18.1 Å². The van der Waals surface area contributed by atoms with Crippen LogP contribution < -0.4 is 9.64 Å². The van der Waals surface area contributed by atoms with Crippen LogP contribution in [-0.2, 0) is 11.2 Å². The number of carbonyl (C=O) groups excluding carboxylic acids is 1. The normalized spacial score (nSPS) is 13.4. The smallest absolute Gasteiger partial charge is 0.238 e. The van der Waals surface area contributed by atoms with E-state index in [9.17, 15) is 4.79 Å². The average molecular weight is 368 g/mol. The molecule has 0 radical (unpaired) electrons. The summed E-state index contributed by atoms with van der Waals surface area (Å²) in [4.78, 5) is 23.6. The molecule has 0 saturated heterocycles. The second-order valence-electron chi connectivity index (χ2n) is 6.42. The van der Waals surface area contributed by atoms with E-state index in [1.807, 2.05) is 24.4 Å². The first-order valence-electron chi connectivity index (χ1n) is 8.53. The van der Waals surface area contributed by atoms with E-state index in [1.165, 1.54) is 0 Å². The Morgan fingerprint density at radius 3 is 2.69 bits per heavy atom. The molecule has 0 fully saturated rings. The maximum absolute atomic E-state index is 12.8. The number of ether oxygens (including phenoxy) is 1. The Labute approximate surface area is 156 Å².